The monoisotopic (exact) mass is 396 g/mol. The van der Waals surface area contributed by atoms with Gasteiger partial charge in [-0.15, -0.1) is 0 Å². The van der Waals surface area contributed by atoms with E-state index in [1.165, 1.54) is 22.9 Å². The SMILES string of the molecule is CC(C)(C)NC(=O)C(CCc1ccccc1)n1[nH]c2ccc([N+](=O)[O-])cc2c1=O. The van der Waals surface area contributed by atoms with Crippen LogP contribution in [-0.4, -0.2) is 26.1 Å². The molecule has 0 aliphatic rings. The maximum atomic E-state index is 13.0. The standard InChI is InChI=1S/C21H24N4O4/c1-21(2,3)22-19(26)18(12-9-14-7-5-4-6-8-14)24-20(27)16-13-15(25(28)29)10-11-17(16)23-24/h4-8,10-11,13,18,23H,9,12H2,1-3H3,(H,22,26). The number of nitro groups is 1. The van der Waals surface area contributed by atoms with E-state index in [2.05, 4.69) is 10.4 Å². The zero-order chi connectivity index (χ0) is 21.2. The van der Waals surface area contributed by atoms with Crippen molar-refractivity contribution < 1.29 is 9.72 Å². The van der Waals surface area contributed by atoms with Gasteiger partial charge in [0, 0.05) is 17.7 Å². The van der Waals surface area contributed by atoms with Gasteiger partial charge in [-0.05, 0) is 45.2 Å². The highest BCUT2D eigenvalue weighted by Crippen LogP contribution is 2.21. The summed E-state index contributed by atoms with van der Waals surface area (Å²) in [4.78, 5) is 36.4. The Labute approximate surface area is 167 Å². The summed E-state index contributed by atoms with van der Waals surface area (Å²) in [6, 6.07) is 13.0. The van der Waals surface area contributed by atoms with E-state index in [0.29, 0.717) is 18.4 Å². The van der Waals surface area contributed by atoms with Crippen molar-refractivity contribution in [1.29, 1.82) is 0 Å². The van der Waals surface area contributed by atoms with Crippen LogP contribution in [-0.2, 0) is 11.2 Å². The molecule has 0 saturated heterocycles. The molecular formula is C21H24N4O4. The van der Waals surface area contributed by atoms with Gasteiger partial charge < -0.3 is 5.32 Å². The second-order valence-electron chi connectivity index (χ2n) is 8.05. The van der Waals surface area contributed by atoms with Gasteiger partial charge >= 0.3 is 0 Å². The molecule has 1 amide bonds. The summed E-state index contributed by atoms with van der Waals surface area (Å²) in [5.74, 6) is -0.281. The fraction of sp³-hybridized carbons (Fsp3) is 0.333. The molecule has 1 unspecified atom stereocenters. The Balaban J connectivity index is 2.00. The van der Waals surface area contributed by atoms with E-state index in [1.807, 2.05) is 51.1 Å². The third kappa shape index (κ3) is 4.71. The first-order valence-corrected chi connectivity index (χ1v) is 9.40. The minimum absolute atomic E-state index is 0.166. The van der Waals surface area contributed by atoms with Crippen LogP contribution < -0.4 is 10.9 Å². The number of amides is 1. The van der Waals surface area contributed by atoms with Gasteiger partial charge in [0.05, 0.1) is 15.8 Å². The molecular weight excluding hydrogens is 372 g/mol. The van der Waals surface area contributed by atoms with Crippen molar-refractivity contribution in [2.24, 2.45) is 0 Å². The van der Waals surface area contributed by atoms with Crippen molar-refractivity contribution in [2.45, 2.75) is 45.2 Å². The zero-order valence-corrected chi connectivity index (χ0v) is 16.6. The second-order valence-corrected chi connectivity index (χ2v) is 8.05. The lowest BCUT2D eigenvalue weighted by atomic mass is 10.0. The number of hydrogen-bond donors (Lipinski definition) is 2. The first-order chi connectivity index (χ1) is 13.7. The van der Waals surface area contributed by atoms with Crippen molar-refractivity contribution in [3.05, 3.63) is 74.6 Å². The number of aromatic amines is 1. The number of nitrogens with one attached hydrogen (secondary N) is 2. The number of benzene rings is 2. The van der Waals surface area contributed by atoms with Crippen LogP contribution in [0.1, 0.15) is 38.8 Å². The summed E-state index contributed by atoms with van der Waals surface area (Å²) in [6.45, 7) is 5.61. The van der Waals surface area contributed by atoms with Gasteiger partial charge in [-0.1, -0.05) is 30.3 Å². The van der Waals surface area contributed by atoms with Gasteiger partial charge in [-0.2, -0.15) is 0 Å². The van der Waals surface area contributed by atoms with Crippen molar-refractivity contribution in [2.75, 3.05) is 0 Å². The van der Waals surface area contributed by atoms with E-state index >= 15 is 0 Å². The molecule has 0 radical (unpaired) electrons. The van der Waals surface area contributed by atoms with E-state index in [4.69, 9.17) is 0 Å². The molecule has 3 aromatic rings. The topological polar surface area (TPSA) is 110 Å². The van der Waals surface area contributed by atoms with E-state index < -0.39 is 22.1 Å². The summed E-state index contributed by atoms with van der Waals surface area (Å²) in [6.07, 6.45) is 1.01. The third-order valence-corrected chi connectivity index (χ3v) is 4.57. The van der Waals surface area contributed by atoms with E-state index in [9.17, 15) is 19.7 Å². The molecule has 0 aliphatic heterocycles. The van der Waals surface area contributed by atoms with Crippen molar-refractivity contribution in [3.8, 4) is 0 Å². The molecule has 2 N–H and O–H groups in total. The van der Waals surface area contributed by atoms with Gasteiger partial charge in [0.2, 0.25) is 5.91 Å². The molecule has 0 bridgehead atoms. The molecule has 0 saturated carbocycles. The van der Waals surface area contributed by atoms with Gasteiger partial charge in [-0.3, -0.25) is 24.8 Å². The number of fused-ring (bicyclic) bond motifs is 1. The number of aryl methyl sites for hydroxylation is 1. The first kappa shape index (κ1) is 20.3. The predicted octanol–water partition coefficient (Wildman–Crippen LogP) is 3.33. The Morgan fingerprint density at radius 1 is 1.21 bits per heavy atom. The number of carbonyl (C=O) groups excluding carboxylic acids is 1. The van der Waals surface area contributed by atoms with Gasteiger partial charge in [0.25, 0.3) is 11.2 Å². The molecule has 29 heavy (non-hydrogen) atoms. The predicted molar refractivity (Wildman–Crippen MR) is 111 cm³/mol. The van der Waals surface area contributed by atoms with E-state index in [1.54, 1.807) is 0 Å². The maximum Gasteiger partial charge on any atom is 0.275 e. The molecule has 0 spiro atoms. The van der Waals surface area contributed by atoms with E-state index in [-0.39, 0.29) is 17.0 Å². The first-order valence-electron chi connectivity index (χ1n) is 9.40. The Morgan fingerprint density at radius 3 is 2.52 bits per heavy atom. The largest absolute Gasteiger partial charge is 0.350 e. The number of carbonyl (C=O) groups is 1. The molecule has 0 aliphatic carbocycles. The summed E-state index contributed by atoms with van der Waals surface area (Å²) in [7, 11) is 0. The van der Waals surface area contributed by atoms with Crippen LogP contribution in [0.5, 0.6) is 0 Å². The van der Waals surface area contributed by atoms with Gasteiger partial charge in [-0.25, -0.2) is 4.68 Å². The maximum absolute atomic E-state index is 13.0. The van der Waals surface area contributed by atoms with Crippen LogP contribution in [0.3, 0.4) is 0 Å². The molecule has 1 heterocycles. The minimum atomic E-state index is -0.770. The molecule has 1 atom stereocenters. The molecule has 8 heteroatoms. The summed E-state index contributed by atoms with van der Waals surface area (Å²) < 4.78 is 1.28. The minimum Gasteiger partial charge on any atom is -0.350 e. The number of nitro benzene ring substituents is 1. The van der Waals surface area contributed by atoms with Gasteiger partial charge in [0.1, 0.15) is 6.04 Å². The third-order valence-electron chi connectivity index (χ3n) is 4.57. The van der Waals surface area contributed by atoms with Crippen LogP contribution in [0.25, 0.3) is 10.9 Å². The van der Waals surface area contributed by atoms with E-state index in [0.717, 1.165) is 5.56 Å². The fourth-order valence-electron chi connectivity index (χ4n) is 3.23. The van der Waals surface area contributed by atoms with Crippen LogP contribution >= 0.6 is 0 Å². The lowest BCUT2D eigenvalue weighted by Crippen LogP contribution is -2.46. The number of hydrogen-bond acceptors (Lipinski definition) is 4. The number of rotatable bonds is 6. The lowest BCUT2D eigenvalue weighted by Gasteiger charge is -2.25. The smallest absolute Gasteiger partial charge is 0.275 e. The summed E-state index contributed by atoms with van der Waals surface area (Å²) in [5.41, 5.74) is 0.428. The quantitative estimate of drug-likeness (QED) is 0.492. The highest BCUT2D eigenvalue weighted by Gasteiger charge is 2.27. The van der Waals surface area contributed by atoms with Crippen molar-refractivity contribution >= 4 is 22.5 Å². The number of nitrogens with zero attached hydrogens (tertiary/aromatic N) is 2. The number of H-pyrrole nitrogens is 1. The molecule has 1 aromatic heterocycles. The van der Waals surface area contributed by atoms with Crippen LogP contribution in [0.4, 0.5) is 5.69 Å². The summed E-state index contributed by atoms with van der Waals surface area (Å²) >= 11 is 0. The second kappa shape index (κ2) is 7.90. The van der Waals surface area contributed by atoms with Crippen LogP contribution in [0, 0.1) is 10.1 Å². The highest BCUT2D eigenvalue weighted by molar-refractivity contribution is 5.83. The summed E-state index contributed by atoms with van der Waals surface area (Å²) in [5, 5.41) is 17.1. The number of non-ortho nitro benzene ring substituents is 1. The normalized spacial score (nSPS) is 12.7. The average Bonchev–Trinajstić information content (AvgIpc) is 2.97. The van der Waals surface area contributed by atoms with Crippen LogP contribution in [0.2, 0.25) is 0 Å². The highest BCUT2D eigenvalue weighted by atomic mass is 16.6. The Hall–Kier alpha value is -3.42. The number of aromatic nitrogens is 2. The molecule has 152 valence electrons. The van der Waals surface area contributed by atoms with Crippen molar-refractivity contribution in [1.82, 2.24) is 15.1 Å². The average molecular weight is 396 g/mol. The molecule has 2 aromatic carbocycles. The molecule has 0 fully saturated rings. The molecule has 8 nitrogen and oxygen atoms in total. The molecule has 3 rings (SSSR count). The van der Waals surface area contributed by atoms with Crippen molar-refractivity contribution in [3.63, 3.8) is 0 Å². The lowest BCUT2D eigenvalue weighted by molar-refractivity contribution is -0.384. The fourth-order valence-corrected chi connectivity index (χ4v) is 3.23. The van der Waals surface area contributed by atoms with Gasteiger partial charge in [0.15, 0.2) is 0 Å². The van der Waals surface area contributed by atoms with Crippen LogP contribution in [0.15, 0.2) is 53.3 Å². The Bertz CT molecular complexity index is 1090. The Kier molecular flexibility index (Phi) is 5.54. The zero-order valence-electron chi connectivity index (χ0n) is 16.6. The Morgan fingerprint density at radius 2 is 1.90 bits per heavy atom.